The normalized spacial score (nSPS) is 10.9. The fraction of sp³-hybridized carbons (Fsp3) is 0.136. The largest absolute Gasteiger partial charge is 0.497 e. The van der Waals surface area contributed by atoms with E-state index >= 15 is 0 Å². The number of ether oxygens (including phenoxy) is 1. The first-order chi connectivity index (χ1) is 13.2. The van der Waals surface area contributed by atoms with Gasteiger partial charge in [0, 0.05) is 22.7 Å². The lowest BCUT2D eigenvalue weighted by Crippen LogP contribution is -1.96. The second-order valence-corrected chi connectivity index (χ2v) is 6.27. The molecule has 0 radical (unpaired) electrons. The van der Waals surface area contributed by atoms with Crippen molar-refractivity contribution in [2.24, 2.45) is 0 Å². The molecule has 0 aliphatic carbocycles. The van der Waals surface area contributed by atoms with E-state index in [1.54, 1.807) is 7.11 Å². The summed E-state index contributed by atoms with van der Waals surface area (Å²) in [6.07, 6.45) is 4.21. The van der Waals surface area contributed by atoms with Crippen molar-refractivity contribution in [2.45, 2.75) is 13.3 Å². The Morgan fingerprint density at radius 1 is 0.963 bits per heavy atom. The van der Waals surface area contributed by atoms with E-state index in [1.165, 1.54) is 11.9 Å². The minimum absolute atomic E-state index is 0.475. The monoisotopic (exact) mass is 356 g/mol. The van der Waals surface area contributed by atoms with Crippen LogP contribution in [0.5, 0.6) is 5.75 Å². The molecule has 2 N–H and O–H groups in total. The molecule has 134 valence electrons. The minimum Gasteiger partial charge on any atom is -0.497 e. The number of aryl methyl sites for hydroxylation is 1. The summed E-state index contributed by atoms with van der Waals surface area (Å²) < 4.78 is 5.43. The third kappa shape index (κ3) is 3.08. The zero-order valence-electron chi connectivity index (χ0n) is 15.3. The fourth-order valence-corrected chi connectivity index (χ4v) is 3.31. The lowest BCUT2D eigenvalue weighted by molar-refractivity contribution is 0.415. The third-order valence-electron chi connectivity index (χ3n) is 4.74. The first-order valence-corrected chi connectivity index (χ1v) is 8.84. The predicted octanol–water partition coefficient (Wildman–Crippen LogP) is 4.51. The summed E-state index contributed by atoms with van der Waals surface area (Å²) >= 11 is 0. The van der Waals surface area contributed by atoms with Crippen LogP contribution >= 0.6 is 0 Å². The second kappa shape index (κ2) is 7.03. The van der Waals surface area contributed by atoms with E-state index in [2.05, 4.69) is 29.0 Å². The molecular weight excluding hydrogens is 336 g/mol. The van der Waals surface area contributed by atoms with Crippen LogP contribution in [0, 0.1) is 0 Å². The minimum atomic E-state index is 0.475. The van der Waals surface area contributed by atoms with E-state index in [0.29, 0.717) is 5.82 Å². The molecular formula is C22H20N4O. The van der Waals surface area contributed by atoms with E-state index in [-0.39, 0.29) is 0 Å². The summed E-state index contributed by atoms with van der Waals surface area (Å²) in [5.74, 6) is 1.29. The summed E-state index contributed by atoms with van der Waals surface area (Å²) in [4.78, 5) is 13.1. The standard InChI is InChI=1S/C22H20N4O/c1-3-14-6-8-16(27-2)12-18(14)21-17(5-4-10-24-21)15-7-9-20-19(11-15)22(23)26-13-25-20/h4-13H,3H2,1-2H3,(H2,23,25,26). The fourth-order valence-electron chi connectivity index (χ4n) is 3.31. The highest BCUT2D eigenvalue weighted by Crippen LogP contribution is 2.35. The molecule has 0 fully saturated rings. The lowest BCUT2D eigenvalue weighted by Gasteiger charge is -2.14. The van der Waals surface area contributed by atoms with Gasteiger partial charge in [0.05, 0.1) is 18.3 Å². The molecule has 0 atom stereocenters. The number of pyridine rings is 1. The molecule has 5 heteroatoms. The molecule has 4 rings (SSSR count). The summed E-state index contributed by atoms with van der Waals surface area (Å²) in [7, 11) is 1.68. The van der Waals surface area contributed by atoms with Gasteiger partial charge < -0.3 is 10.5 Å². The van der Waals surface area contributed by atoms with Crippen LogP contribution in [0.4, 0.5) is 5.82 Å². The third-order valence-corrected chi connectivity index (χ3v) is 4.74. The highest BCUT2D eigenvalue weighted by Gasteiger charge is 2.14. The Hall–Kier alpha value is -3.47. The van der Waals surface area contributed by atoms with Gasteiger partial charge in [-0.3, -0.25) is 4.98 Å². The summed E-state index contributed by atoms with van der Waals surface area (Å²) in [6, 6.07) is 16.2. The molecule has 0 aliphatic heterocycles. The van der Waals surface area contributed by atoms with E-state index < -0.39 is 0 Å². The van der Waals surface area contributed by atoms with E-state index in [0.717, 1.165) is 45.5 Å². The predicted molar refractivity (Wildman–Crippen MR) is 109 cm³/mol. The van der Waals surface area contributed by atoms with Gasteiger partial charge in [0.15, 0.2) is 0 Å². The van der Waals surface area contributed by atoms with Crippen molar-refractivity contribution in [3.8, 4) is 28.1 Å². The molecule has 0 spiro atoms. The number of benzene rings is 2. The average Bonchev–Trinajstić information content (AvgIpc) is 2.73. The van der Waals surface area contributed by atoms with Crippen LogP contribution in [0.25, 0.3) is 33.3 Å². The molecule has 5 nitrogen and oxygen atoms in total. The maximum atomic E-state index is 6.05. The number of hydrogen-bond acceptors (Lipinski definition) is 5. The molecule has 2 aromatic carbocycles. The smallest absolute Gasteiger partial charge is 0.134 e. The molecule has 4 aromatic rings. The molecule has 0 unspecified atom stereocenters. The van der Waals surface area contributed by atoms with Crippen LogP contribution in [-0.2, 0) is 6.42 Å². The number of nitrogen functional groups attached to an aromatic ring is 1. The van der Waals surface area contributed by atoms with Gasteiger partial charge >= 0.3 is 0 Å². The van der Waals surface area contributed by atoms with Crippen LogP contribution in [-0.4, -0.2) is 22.1 Å². The zero-order valence-corrected chi connectivity index (χ0v) is 15.3. The van der Waals surface area contributed by atoms with E-state index in [4.69, 9.17) is 15.5 Å². The highest BCUT2D eigenvalue weighted by atomic mass is 16.5. The Morgan fingerprint density at radius 3 is 2.67 bits per heavy atom. The lowest BCUT2D eigenvalue weighted by atomic mass is 9.94. The van der Waals surface area contributed by atoms with Crippen molar-refractivity contribution in [3.63, 3.8) is 0 Å². The summed E-state index contributed by atoms with van der Waals surface area (Å²) in [5.41, 5.74) is 12.2. The average molecular weight is 356 g/mol. The van der Waals surface area contributed by atoms with Crippen molar-refractivity contribution in [1.82, 2.24) is 15.0 Å². The number of rotatable bonds is 4. The zero-order chi connectivity index (χ0) is 18.8. The van der Waals surface area contributed by atoms with Crippen molar-refractivity contribution in [1.29, 1.82) is 0 Å². The number of fused-ring (bicyclic) bond motifs is 1. The number of methoxy groups -OCH3 is 1. The van der Waals surface area contributed by atoms with Gasteiger partial charge in [0.1, 0.15) is 17.9 Å². The second-order valence-electron chi connectivity index (χ2n) is 6.27. The SMILES string of the molecule is CCc1ccc(OC)cc1-c1ncccc1-c1ccc2ncnc(N)c2c1. The Labute approximate surface area is 157 Å². The van der Waals surface area contributed by atoms with Gasteiger partial charge in [-0.1, -0.05) is 25.1 Å². The van der Waals surface area contributed by atoms with Crippen LogP contribution in [0.2, 0.25) is 0 Å². The van der Waals surface area contributed by atoms with E-state index in [1.807, 2.05) is 42.6 Å². The van der Waals surface area contributed by atoms with Gasteiger partial charge in [-0.25, -0.2) is 9.97 Å². The van der Waals surface area contributed by atoms with Gasteiger partial charge in [0.25, 0.3) is 0 Å². The number of nitrogens with zero attached hydrogens (tertiary/aromatic N) is 3. The van der Waals surface area contributed by atoms with Gasteiger partial charge in [-0.2, -0.15) is 0 Å². The topological polar surface area (TPSA) is 73.9 Å². The van der Waals surface area contributed by atoms with E-state index in [9.17, 15) is 0 Å². The molecule has 0 bridgehead atoms. The molecule has 0 saturated heterocycles. The Balaban J connectivity index is 1.94. The number of hydrogen-bond donors (Lipinski definition) is 1. The molecule has 27 heavy (non-hydrogen) atoms. The van der Waals surface area contributed by atoms with Crippen molar-refractivity contribution in [2.75, 3.05) is 12.8 Å². The first kappa shape index (κ1) is 17.0. The van der Waals surface area contributed by atoms with Crippen molar-refractivity contribution in [3.05, 3.63) is 66.6 Å². The van der Waals surface area contributed by atoms with Crippen LogP contribution in [0.15, 0.2) is 61.1 Å². The van der Waals surface area contributed by atoms with Gasteiger partial charge in [-0.15, -0.1) is 0 Å². The Kier molecular flexibility index (Phi) is 4.42. The first-order valence-electron chi connectivity index (χ1n) is 8.84. The highest BCUT2D eigenvalue weighted by molar-refractivity contribution is 5.93. The van der Waals surface area contributed by atoms with Gasteiger partial charge in [-0.05, 0) is 47.9 Å². The molecule has 0 aliphatic rings. The maximum Gasteiger partial charge on any atom is 0.134 e. The summed E-state index contributed by atoms with van der Waals surface area (Å²) in [6.45, 7) is 2.14. The van der Waals surface area contributed by atoms with Crippen molar-refractivity contribution < 1.29 is 4.74 Å². The number of nitrogens with two attached hydrogens (primary N) is 1. The molecule has 0 amide bonds. The maximum absolute atomic E-state index is 6.05. The Bertz CT molecular complexity index is 1120. The summed E-state index contributed by atoms with van der Waals surface area (Å²) in [5, 5.41) is 0.839. The molecule has 2 aromatic heterocycles. The van der Waals surface area contributed by atoms with Crippen LogP contribution in [0.3, 0.4) is 0 Å². The number of anilines is 1. The van der Waals surface area contributed by atoms with Crippen molar-refractivity contribution >= 4 is 16.7 Å². The Morgan fingerprint density at radius 2 is 1.85 bits per heavy atom. The molecule has 0 saturated carbocycles. The van der Waals surface area contributed by atoms with Crippen LogP contribution in [0.1, 0.15) is 12.5 Å². The quantitative estimate of drug-likeness (QED) is 0.582. The van der Waals surface area contributed by atoms with Crippen LogP contribution < -0.4 is 10.5 Å². The molecule has 2 heterocycles. The van der Waals surface area contributed by atoms with Gasteiger partial charge in [0.2, 0.25) is 0 Å². The number of aromatic nitrogens is 3.